The van der Waals surface area contributed by atoms with Gasteiger partial charge in [0.1, 0.15) is 0 Å². The van der Waals surface area contributed by atoms with Crippen LogP contribution in [0.5, 0.6) is 0 Å². The largest absolute Gasteiger partial charge is 0.478 e. The summed E-state index contributed by atoms with van der Waals surface area (Å²) in [6.45, 7) is 7.16. The first-order valence-corrected chi connectivity index (χ1v) is 15.1. The summed E-state index contributed by atoms with van der Waals surface area (Å²) in [5.74, 6) is -2.24. The van der Waals surface area contributed by atoms with E-state index in [4.69, 9.17) is 10.1 Å². The molecule has 0 unspecified atom stereocenters. The van der Waals surface area contributed by atoms with E-state index in [0.29, 0.717) is 17.7 Å². The van der Waals surface area contributed by atoms with Gasteiger partial charge in [-0.1, -0.05) is 58.4 Å². The quantitative estimate of drug-likeness (QED) is 0.0738. The summed E-state index contributed by atoms with van der Waals surface area (Å²) in [7, 11) is 2.00. The number of aromatic nitrogens is 1. The molecule has 0 bridgehead atoms. The lowest BCUT2D eigenvalue weighted by molar-refractivity contribution is 0.0685. The second kappa shape index (κ2) is 16.8. The summed E-state index contributed by atoms with van der Waals surface area (Å²) < 4.78 is 0. The Morgan fingerprint density at radius 2 is 1.56 bits per heavy atom. The van der Waals surface area contributed by atoms with E-state index < -0.39 is 11.9 Å². The standard InChI is InChI=1S/C23H25N3O2S.C9H7BrO3.BrH/c1-5-26(4)14-24-20-11-15(2)17(10-16(20)3)12-22-25-21(13-29-22)18-8-6-7-9-19(18)23(27)28;10-5-8(11)6-3-1-2-4-7(6)9(12)13;/h6-11,13-14H,5,12H2,1-4H3,(H,27,28);1-4H,5H2,(H,12,13);1H. The maximum Gasteiger partial charge on any atom is 0.336 e. The van der Waals surface area contributed by atoms with Crippen LogP contribution < -0.4 is 0 Å². The molecule has 4 aromatic rings. The minimum absolute atomic E-state index is 0. The van der Waals surface area contributed by atoms with Crippen molar-refractivity contribution in [1.82, 2.24) is 9.88 Å². The molecule has 0 radical (unpaired) electrons. The molecule has 0 atom stereocenters. The lowest BCUT2D eigenvalue weighted by atomic mass is 10.0. The highest BCUT2D eigenvalue weighted by atomic mass is 79.9. The molecule has 8 nitrogen and oxygen atoms in total. The third kappa shape index (κ3) is 9.67. The van der Waals surface area contributed by atoms with Crippen LogP contribution in [0.1, 0.15) is 59.7 Å². The second-order valence-electron chi connectivity index (χ2n) is 9.44. The van der Waals surface area contributed by atoms with Gasteiger partial charge in [0.05, 0.1) is 39.2 Å². The topological polar surface area (TPSA) is 120 Å². The van der Waals surface area contributed by atoms with Gasteiger partial charge in [-0.25, -0.2) is 19.6 Å². The molecule has 226 valence electrons. The van der Waals surface area contributed by atoms with Gasteiger partial charge >= 0.3 is 11.9 Å². The Bertz CT molecular complexity index is 1620. The van der Waals surface area contributed by atoms with Gasteiger partial charge in [0, 0.05) is 36.5 Å². The minimum Gasteiger partial charge on any atom is -0.478 e. The van der Waals surface area contributed by atoms with Crippen LogP contribution in [-0.4, -0.2) is 63.1 Å². The Balaban J connectivity index is 0.000000388. The van der Waals surface area contributed by atoms with E-state index in [9.17, 15) is 19.5 Å². The Kier molecular flexibility index (Phi) is 13.9. The number of rotatable bonds is 10. The van der Waals surface area contributed by atoms with Gasteiger partial charge in [-0.2, -0.15) is 0 Å². The molecule has 0 saturated heterocycles. The molecule has 2 N–H and O–H groups in total. The zero-order valence-electron chi connectivity index (χ0n) is 24.2. The van der Waals surface area contributed by atoms with Crippen molar-refractivity contribution in [2.45, 2.75) is 27.2 Å². The number of carbonyl (C=O) groups is 3. The van der Waals surface area contributed by atoms with Crippen molar-refractivity contribution in [3.63, 3.8) is 0 Å². The molecule has 0 fully saturated rings. The fourth-order valence-corrected chi connectivity index (χ4v) is 5.11. The number of aromatic carboxylic acids is 2. The molecule has 0 aliphatic rings. The molecular weight excluding hydrogens is 698 g/mol. The van der Waals surface area contributed by atoms with Gasteiger partial charge in [0.25, 0.3) is 0 Å². The average Bonchev–Trinajstić information content (AvgIpc) is 3.46. The highest BCUT2D eigenvalue weighted by Gasteiger charge is 2.15. The number of carbonyl (C=O) groups excluding carboxylic acids is 1. The number of halogens is 2. The Labute approximate surface area is 274 Å². The number of thiazole rings is 1. The number of carboxylic acids is 2. The van der Waals surface area contributed by atoms with Crippen LogP contribution in [0.4, 0.5) is 5.69 Å². The van der Waals surface area contributed by atoms with E-state index in [1.165, 1.54) is 23.3 Å². The van der Waals surface area contributed by atoms with Crippen molar-refractivity contribution in [2.24, 2.45) is 4.99 Å². The number of aryl methyl sites for hydroxylation is 2. The number of hydrogen-bond donors (Lipinski definition) is 2. The highest BCUT2D eigenvalue weighted by Crippen LogP contribution is 2.29. The number of hydrogen-bond acceptors (Lipinski definition) is 6. The number of Topliss-reactive ketones (excluding diaryl/α,β-unsaturated/α-hetero) is 1. The summed E-state index contributed by atoms with van der Waals surface area (Å²) in [6.07, 6.45) is 2.57. The van der Waals surface area contributed by atoms with Crippen molar-refractivity contribution in [3.05, 3.63) is 104 Å². The Hall–Kier alpha value is -3.67. The lowest BCUT2D eigenvalue weighted by Crippen LogP contribution is -2.14. The predicted molar refractivity (Wildman–Crippen MR) is 182 cm³/mol. The van der Waals surface area contributed by atoms with Crippen LogP contribution in [0.15, 0.2) is 71.0 Å². The van der Waals surface area contributed by atoms with E-state index in [1.54, 1.807) is 41.7 Å². The highest BCUT2D eigenvalue weighted by molar-refractivity contribution is 9.09. The summed E-state index contributed by atoms with van der Waals surface area (Å²) in [5, 5.41) is 21.2. The number of benzene rings is 3. The van der Waals surface area contributed by atoms with Crippen LogP contribution in [-0.2, 0) is 6.42 Å². The van der Waals surface area contributed by atoms with Crippen LogP contribution in [0.2, 0.25) is 0 Å². The van der Waals surface area contributed by atoms with Crippen LogP contribution in [0.25, 0.3) is 11.3 Å². The second-order valence-corrected chi connectivity index (χ2v) is 10.9. The molecule has 0 amide bonds. The van der Waals surface area contributed by atoms with Crippen LogP contribution in [0, 0.1) is 13.8 Å². The molecular formula is C32H33Br2N3O5S. The summed E-state index contributed by atoms with van der Waals surface area (Å²) in [5.41, 5.74) is 6.40. The molecule has 1 aromatic heterocycles. The van der Waals surface area contributed by atoms with Gasteiger partial charge in [-0.15, -0.1) is 28.3 Å². The molecule has 0 aliphatic heterocycles. The molecule has 3 aromatic carbocycles. The number of ketones is 1. The smallest absolute Gasteiger partial charge is 0.336 e. The van der Waals surface area contributed by atoms with Crippen molar-refractivity contribution in [3.8, 4) is 11.3 Å². The predicted octanol–water partition coefficient (Wildman–Crippen LogP) is 7.87. The molecule has 43 heavy (non-hydrogen) atoms. The molecule has 11 heteroatoms. The SMILES string of the molecule is Br.CCN(C)C=Nc1cc(C)c(Cc2nc(-c3ccccc3C(=O)O)cs2)cc1C.O=C(O)c1ccccc1C(=O)CBr. The van der Waals surface area contributed by atoms with E-state index >= 15 is 0 Å². The number of nitrogens with zero attached hydrogens (tertiary/aromatic N) is 3. The first-order valence-electron chi connectivity index (χ1n) is 13.1. The van der Waals surface area contributed by atoms with Gasteiger partial charge in [-0.05, 0) is 55.7 Å². The monoisotopic (exact) mass is 729 g/mol. The molecule has 0 spiro atoms. The van der Waals surface area contributed by atoms with Crippen LogP contribution >= 0.6 is 44.2 Å². The minimum atomic E-state index is -1.08. The number of alkyl halides is 1. The van der Waals surface area contributed by atoms with Gasteiger partial charge in [0.15, 0.2) is 5.78 Å². The maximum atomic E-state index is 11.5. The summed E-state index contributed by atoms with van der Waals surface area (Å²) in [4.78, 5) is 44.7. The number of carboxylic acid groups (broad SMARTS) is 2. The fourth-order valence-electron chi connectivity index (χ4n) is 3.99. The zero-order chi connectivity index (χ0) is 30.8. The first kappa shape index (κ1) is 35.5. The van der Waals surface area contributed by atoms with Crippen molar-refractivity contribution >= 4 is 74.0 Å². The zero-order valence-corrected chi connectivity index (χ0v) is 28.3. The fraction of sp³-hybridized carbons (Fsp3) is 0.219. The van der Waals surface area contributed by atoms with E-state index in [0.717, 1.165) is 22.8 Å². The number of aliphatic imine (C=N–C) groups is 1. The summed E-state index contributed by atoms with van der Waals surface area (Å²) in [6, 6.07) is 17.4. The van der Waals surface area contributed by atoms with E-state index in [1.807, 2.05) is 29.7 Å². The lowest BCUT2D eigenvalue weighted by Gasteiger charge is -2.11. The first-order chi connectivity index (χ1) is 20.0. The Morgan fingerprint density at radius 1 is 0.953 bits per heavy atom. The van der Waals surface area contributed by atoms with Gasteiger partial charge < -0.3 is 15.1 Å². The molecule has 0 aliphatic carbocycles. The van der Waals surface area contributed by atoms with Gasteiger partial charge in [0.2, 0.25) is 0 Å². The van der Waals surface area contributed by atoms with E-state index in [-0.39, 0.29) is 44.8 Å². The maximum absolute atomic E-state index is 11.5. The van der Waals surface area contributed by atoms with Crippen LogP contribution in [0.3, 0.4) is 0 Å². The Morgan fingerprint density at radius 3 is 2.16 bits per heavy atom. The summed E-state index contributed by atoms with van der Waals surface area (Å²) >= 11 is 4.55. The van der Waals surface area contributed by atoms with Crippen molar-refractivity contribution < 1.29 is 24.6 Å². The average molecular weight is 732 g/mol. The normalized spacial score (nSPS) is 10.4. The third-order valence-electron chi connectivity index (χ3n) is 6.45. The molecule has 1 heterocycles. The third-order valence-corrected chi connectivity index (χ3v) is 7.81. The van der Waals surface area contributed by atoms with E-state index in [2.05, 4.69) is 53.8 Å². The van der Waals surface area contributed by atoms with Crippen molar-refractivity contribution in [1.29, 1.82) is 0 Å². The molecule has 0 saturated carbocycles. The van der Waals surface area contributed by atoms with Crippen molar-refractivity contribution in [2.75, 3.05) is 18.9 Å². The molecule has 4 rings (SSSR count). The van der Waals surface area contributed by atoms with Gasteiger partial charge in [-0.3, -0.25) is 4.79 Å².